The number of nitrogens with one attached hydrogen (secondary N) is 1. The number of rotatable bonds is 6. The van der Waals surface area contributed by atoms with Crippen LogP contribution in [0.2, 0.25) is 0 Å². The molecule has 0 bridgehead atoms. The zero-order valence-corrected chi connectivity index (χ0v) is 16.1. The maximum atomic E-state index is 12.5. The first-order chi connectivity index (χ1) is 13.0. The van der Waals surface area contributed by atoms with Crippen molar-refractivity contribution >= 4 is 39.6 Å². The van der Waals surface area contributed by atoms with Crippen LogP contribution in [-0.2, 0) is 9.59 Å². The van der Waals surface area contributed by atoms with E-state index in [2.05, 4.69) is 21.4 Å². The molecule has 0 spiro atoms. The van der Waals surface area contributed by atoms with Gasteiger partial charge in [0.2, 0.25) is 5.91 Å². The third kappa shape index (κ3) is 5.08. The molecule has 0 fully saturated rings. The van der Waals surface area contributed by atoms with Gasteiger partial charge in [-0.1, -0.05) is 70.5 Å². The highest BCUT2D eigenvalue weighted by atomic mass is 79.9. The van der Waals surface area contributed by atoms with Crippen LogP contribution in [0.25, 0.3) is 11.8 Å². The molecule has 1 aliphatic rings. The molecule has 1 atom stereocenters. The lowest BCUT2D eigenvalue weighted by Crippen LogP contribution is -2.43. The molecule has 0 unspecified atom stereocenters. The van der Waals surface area contributed by atoms with Crippen molar-refractivity contribution in [2.24, 2.45) is 0 Å². The normalized spacial score (nSPS) is 16.3. The van der Waals surface area contributed by atoms with Crippen molar-refractivity contribution in [3.63, 3.8) is 0 Å². The zero-order chi connectivity index (χ0) is 19.2. The summed E-state index contributed by atoms with van der Waals surface area (Å²) in [6.45, 7) is 0. The van der Waals surface area contributed by atoms with Crippen molar-refractivity contribution in [1.82, 2.24) is 10.4 Å². The smallest absolute Gasteiger partial charge is 0.242 e. The highest BCUT2D eigenvalue weighted by molar-refractivity contribution is 9.10. The lowest BCUT2D eigenvalue weighted by molar-refractivity contribution is -0.305. The number of hydrogen-bond donors (Lipinski definition) is 1. The van der Waals surface area contributed by atoms with Crippen molar-refractivity contribution in [1.29, 1.82) is 0 Å². The summed E-state index contributed by atoms with van der Waals surface area (Å²) in [5.74, 6) is -1.54. The van der Waals surface area contributed by atoms with Gasteiger partial charge in [0.15, 0.2) is 0 Å². The van der Waals surface area contributed by atoms with Gasteiger partial charge < -0.3 is 9.90 Å². The molecule has 2 aromatic carbocycles. The maximum absolute atomic E-state index is 12.5. The van der Waals surface area contributed by atoms with Crippen LogP contribution in [-0.4, -0.2) is 22.9 Å². The summed E-state index contributed by atoms with van der Waals surface area (Å²) in [5, 5.41) is 12.2. The molecule has 0 aliphatic carbocycles. The Morgan fingerprint density at radius 1 is 1.07 bits per heavy atom. The van der Waals surface area contributed by atoms with Crippen LogP contribution >= 0.6 is 15.9 Å². The summed E-state index contributed by atoms with van der Waals surface area (Å²) < 4.78 is 0.965. The Labute approximate surface area is 166 Å². The number of carboxylic acids is 1. The van der Waals surface area contributed by atoms with Gasteiger partial charge in [-0.2, -0.15) is 0 Å². The van der Waals surface area contributed by atoms with E-state index < -0.39 is 5.97 Å². The van der Waals surface area contributed by atoms with Gasteiger partial charge in [0.1, 0.15) is 0 Å². The van der Waals surface area contributed by atoms with E-state index in [0.717, 1.165) is 21.3 Å². The van der Waals surface area contributed by atoms with Crippen LogP contribution in [0, 0.1) is 0 Å². The molecule has 138 valence electrons. The standard InChI is InChI=1S/C21H19BrN2O3/c22-17-9-7-16(8-10-17)19-14-18(11-6-15-4-2-1-3-5-15)24(23-19)20(25)12-13-21(26)27/h1-11,14,18,23H,12-13H2,(H,26,27)/p-1/b11-6+/t18-/m1/s1. The summed E-state index contributed by atoms with van der Waals surface area (Å²) in [5.41, 5.74) is 5.85. The minimum Gasteiger partial charge on any atom is -0.550 e. The SMILES string of the molecule is O=C([O-])CCC(=O)N1NC(c2ccc(Br)cc2)=C[C@H]1/C=C/c1ccccc1. The van der Waals surface area contributed by atoms with Crippen molar-refractivity contribution < 1.29 is 14.7 Å². The summed E-state index contributed by atoms with van der Waals surface area (Å²) in [6, 6.07) is 17.2. The van der Waals surface area contributed by atoms with Gasteiger partial charge in [0.25, 0.3) is 0 Å². The first kappa shape index (κ1) is 18.9. The van der Waals surface area contributed by atoms with E-state index in [-0.39, 0.29) is 24.8 Å². The Bertz CT molecular complexity index is 876. The molecule has 0 radical (unpaired) electrons. The van der Waals surface area contributed by atoms with E-state index in [0.29, 0.717) is 0 Å². The third-order valence-corrected chi connectivity index (χ3v) is 4.66. The predicted octanol–water partition coefficient (Wildman–Crippen LogP) is 2.75. The van der Waals surface area contributed by atoms with Crippen LogP contribution in [0.4, 0.5) is 0 Å². The third-order valence-electron chi connectivity index (χ3n) is 4.13. The van der Waals surface area contributed by atoms with Gasteiger partial charge in [-0.25, -0.2) is 5.01 Å². The summed E-state index contributed by atoms with van der Waals surface area (Å²) in [6.07, 6.45) is 5.36. The molecule has 5 nitrogen and oxygen atoms in total. The summed E-state index contributed by atoms with van der Waals surface area (Å²) >= 11 is 3.41. The minimum absolute atomic E-state index is 0.119. The number of benzene rings is 2. The van der Waals surface area contributed by atoms with Crippen molar-refractivity contribution in [2.75, 3.05) is 0 Å². The van der Waals surface area contributed by atoms with Crippen LogP contribution in [0.1, 0.15) is 24.0 Å². The molecule has 0 aromatic heterocycles. The maximum Gasteiger partial charge on any atom is 0.242 e. The average molecular weight is 426 g/mol. The molecule has 0 saturated heterocycles. The van der Waals surface area contributed by atoms with Crippen molar-refractivity contribution in [3.05, 3.63) is 82.3 Å². The van der Waals surface area contributed by atoms with Gasteiger partial charge >= 0.3 is 0 Å². The van der Waals surface area contributed by atoms with Crippen molar-refractivity contribution in [3.8, 4) is 0 Å². The monoisotopic (exact) mass is 425 g/mol. The number of carboxylic acid groups (broad SMARTS) is 1. The first-order valence-corrected chi connectivity index (χ1v) is 9.32. The molecule has 1 heterocycles. The lowest BCUT2D eigenvalue weighted by Gasteiger charge is -2.23. The molecule has 27 heavy (non-hydrogen) atoms. The highest BCUT2D eigenvalue weighted by Crippen LogP contribution is 2.24. The van der Waals surface area contributed by atoms with E-state index in [9.17, 15) is 14.7 Å². The van der Waals surface area contributed by atoms with Gasteiger partial charge in [-0.05, 0) is 35.8 Å². The van der Waals surface area contributed by atoms with Gasteiger partial charge in [-0.15, -0.1) is 0 Å². The zero-order valence-electron chi connectivity index (χ0n) is 14.5. The lowest BCUT2D eigenvalue weighted by atomic mass is 10.1. The number of carbonyl (C=O) groups excluding carboxylic acids is 2. The van der Waals surface area contributed by atoms with Gasteiger partial charge in [0, 0.05) is 16.9 Å². The molecule has 1 amide bonds. The molecule has 6 heteroatoms. The topological polar surface area (TPSA) is 72.5 Å². The predicted molar refractivity (Wildman–Crippen MR) is 106 cm³/mol. The first-order valence-electron chi connectivity index (χ1n) is 8.52. The highest BCUT2D eigenvalue weighted by Gasteiger charge is 2.27. The second-order valence-corrected chi connectivity index (χ2v) is 7.01. The summed E-state index contributed by atoms with van der Waals surface area (Å²) in [7, 11) is 0. The molecular weight excluding hydrogens is 408 g/mol. The van der Waals surface area contributed by atoms with Gasteiger partial charge in [0.05, 0.1) is 11.7 Å². The number of halogens is 1. The minimum atomic E-state index is -1.24. The van der Waals surface area contributed by atoms with Gasteiger partial charge in [-0.3, -0.25) is 10.2 Å². The van der Waals surface area contributed by atoms with Crippen molar-refractivity contribution in [2.45, 2.75) is 18.9 Å². The molecule has 1 N–H and O–H groups in total. The summed E-state index contributed by atoms with van der Waals surface area (Å²) in [4.78, 5) is 23.2. The van der Waals surface area contributed by atoms with Crippen LogP contribution in [0.5, 0.6) is 0 Å². The largest absolute Gasteiger partial charge is 0.550 e. The number of amides is 1. The fourth-order valence-electron chi connectivity index (χ4n) is 2.75. The van der Waals surface area contributed by atoms with E-state index in [4.69, 9.17) is 0 Å². The second kappa shape index (κ2) is 8.68. The Kier molecular flexibility index (Phi) is 6.08. The van der Waals surface area contributed by atoms with Crippen LogP contribution < -0.4 is 10.5 Å². The Morgan fingerprint density at radius 3 is 2.44 bits per heavy atom. The number of aliphatic carboxylic acids is 1. The number of hydrazine groups is 1. The fourth-order valence-corrected chi connectivity index (χ4v) is 3.01. The quantitative estimate of drug-likeness (QED) is 0.771. The van der Waals surface area contributed by atoms with E-state index in [1.165, 1.54) is 5.01 Å². The Balaban J connectivity index is 1.82. The van der Waals surface area contributed by atoms with Crippen LogP contribution in [0.3, 0.4) is 0 Å². The second-order valence-electron chi connectivity index (χ2n) is 6.10. The molecule has 0 saturated carbocycles. The number of nitrogens with zero attached hydrogens (tertiary/aromatic N) is 1. The average Bonchev–Trinajstić information content (AvgIpc) is 3.10. The molecule has 3 rings (SSSR count). The van der Waals surface area contributed by atoms with E-state index in [1.54, 1.807) is 0 Å². The number of hydrogen-bond acceptors (Lipinski definition) is 4. The van der Waals surface area contributed by atoms with E-state index in [1.807, 2.05) is 72.8 Å². The molecule has 1 aliphatic heterocycles. The Morgan fingerprint density at radius 2 is 1.78 bits per heavy atom. The Hall–Kier alpha value is -2.86. The van der Waals surface area contributed by atoms with E-state index >= 15 is 0 Å². The number of carbonyl (C=O) groups is 2. The van der Waals surface area contributed by atoms with Crippen LogP contribution in [0.15, 0.2) is 71.2 Å². The molecular formula is C21H18BrN2O3-. The fraction of sp³-hybridized carbons (Fsp3) is 0.143. The molecule has 2 aromatic rings.